The van der Waals surface area contributed by atoms with Crippen LogP contribution in [-0.4, -0.2) is 46.4 Å². The van der Waals surface area contributed by atoms with Gasteiger partial charge in [0.2, 0.25) is 0 Å². The van der Waals surface area contributed by atoms with Crippen LogP contribution in [0.1, 0.15) is 0 Å². The number of hydrogen-bond donors (Lipinski definition) is 1. The molecule has 5 nitrogen and oxygen atoms in total. The van der Waals surface area contributed by atoms with Gasteiger partial charge in [0, 0.05) is 0 Å². The van der Waals surface area contributed by atoms with Crippen molar-refractivity contribution < 1.29 is 24.7 Å². The quantitative estimate of drug-likeness (QED) is 0.432. The topological polar surface area (TPSA) is 124 Å². The van der Waals surface area contributed by atoms with Gasteiger partial charge in [0.1, 0.15) is 0 Å². The van der Waals surface area contributed by atoms with Gasteiger partial charge in [0.15, 0.2) is 0 Å². The van der Waals surface area contributed by atoms with Crippen LogP contribution in [0.15, 0.2) is 0 Å². The molecule has 59 valence electrons. The Morgan fingerprint density at radius 3 is 1.33 bits per heavy atom. The fraction of sp³-hybridized carbons (Fsp3) is 1.00. The summed E-state index contributed by atoms with van der Waals surface area (Å²) in [6.45, 7) is 3.39. The van der Waals surface area contributed by atoms with Gasteiger partial charge in [-0.1, -0.05) is 0 Å². The van der Waals surface area contributed by atoms with Crippen LogP contribution in [0.2, 0.25) is 13.1 Å². The summed E-state index contributed by atoms with van der Waals surface area (Å²) >= 11 is 2.04. The van der Waals surface area contributed by atoms with E-state index in [1.807, 2.05) is 16.6 Å². The van der Waals surface area contributed by atoms with Gasteiger partial charge in [-0.15, -0.1) is 0 Å². The maximum Gasteiger partial charge on any atom is 0.264 e. The second-order valence-corrected chi connectivity index (χ2v) is 5.40. The molecular formula is C2H13AlO5Si-. The lowest BCUT2D eigenvalue weighted by Gasteiger charge is -2.25. The molecule has 7 heteroatoms. The highest BCUT2D eigenvalue weighted by Gasteiger charge is 2.05. The van der Waals surface area contributed by atoms with Gasteiger partial charge in [0.25, 0.3) is 8.56 Å². The summed E-state index contributed by atoms with van der Waals surface area (Å²) in [6.07, 6.45) is 0. The summed E-state index contributed by atoms with van der Waals surface area (Å²) in [5.41, 5.74) is 0. The molecule has 0 saturated carbocycles. The molecule has 0 bridgehead atoms. The molecular weight excluding hydrogens is 159 g/mol. The minimum absolute atomic E-state index is 0. The van der Waals surface area contributed by atoms with Crippen LogP contribution < -0.4 is 0 Å². The fourth-order valence-corrected chi connectivity index (χ4v) is 0. The fourth-order valence-electron chi connectivity index (χ4n) is 0. The number of hydrogen-bond acceptors (Lipinski definition) is 2. The van der Waals surface area contributed by atoms with E-state index in [-0.39, 0.29) is 16.4 Å². The molecule has 0 aliphatic rings. The Balaban J connectivity index is -0.0000000417. The average Bonchev–Trinajstić information content (AvgIpc) is 1.35. The van der Waals surface area contributed by atoms with Crippen molar-refractivity contribution in [1.29, 1.82) is 0 Å². The molecule has 0 aromatic carbocycles. The van der Waals surface area contributed by atoms with Crippen molar-refractivity contribution in [3.05, 3.63) is 0 Å². The lowest BCUT2D eigenvalue weighted by Crippen LogP contribution is -2.28. The first kappa shape index (κ1) is 22.7. The predicted octanol–water partition coefficient (Wildman–Crippen LogP) is -2.69. The zero-order valence-electron chi connectivity index (χ0n) is 5.43. The molecule has 0 aromatic heterocycles. The van der Waals surface area contributed by atoms with E-state index in [9.17, 15) is 0 Å². The van der Waals surface area contributed by atoms with Crippen molar-refractivity contribution in [2.24, 2.45) is 0 Å². The molecule has 7 N–H and O–H groups in total. The summed E-state index contributed by atoms with van der Waals surface area (Å²) in [4.78, 5) is 8.72. The summed E-state index contributed by atoms with van der Waals surface area (Å²) in [5.74, 6) is 0. The molecule has 0 saturated heterocycles. The van der Waals surface area contributed by atoms with Crippen LogP contribution in [-0.2, 0) is 3.48 Å². The Morgan fingerprint density at radius 2 is 1.33 bits per heavy atom. The minimum Gasteiger partial charge on any atom is -0.774 e. The normalized spacial score (nSPS) is 8.00. The molecule has 0 spiro atoms. The van der Waals surface area contributed by atoms with E-state index < -0.39 is 8.56 Å². The molecule has 0 amide bonds. The third kappa shape index (κ3) is 29.1. The zero-order valence-corrected chi connectivity index (χ0v) is 7.59. The lowest BCUT2D eigenvalue weighted by molar-refractivity contribution is 0.412. The standard InChI is InChI=1S/C2H7O2Si.Al.3H2O/c1-5(2,3)4;;;;/h3H,1-2H3;;3*1H2/q-1;;;;. The highest BCUT2D eigenvalue weighted by molar-refractivity contribution is 6.66. The molecule has 0 aliphatic heterocycles. The van der Waals surface area contributed by atoms with Gasteiger partial charge in [-0.25, -0.2) is 0 Å². The van der Waals surface area contributed by atoms with E-state index in [1.165, 1.54) is 0 Å². The maximum atomic E-state index is 8.72. The first-order chi connectivity index (χ1) is 2.56. The van der Waals surface area contributed by atoms with Gasteiger partial charge in [0.05, 0.1) is 0 Å². The average molecular weight is 172 g/mol. The van der Waals surface area contributed by atoms with E-state index >= 15 is 0 Å². The van der Waals surface area contributed by atoms with Crippen LogP contribution in [0.4, 0.5) is 0 Å². The van der Waals surface area contributed by atoms with Crippen LogP contribution in [0.5, 0.6) is 0 Å². The Kier molecular flexibility index (Phi) is 21.5. The molecule has 0 aromatic rings. The van der Waals surface area contributed by atoms with Crippen molar-refractivity contribution >= 4 is 25.2 Å². The van der Waals surface area contributed by atoms with E-state index in [0.717, 1.165) is 0 Å². The highest BCUT2D eigenvalue weighted by atomic mass is 28.4. The third-order valence-electron chi connectivity index (χ3n) is 0.288. The molecule has 0 heterocycles. The van der Waals surface area contributed by atoms with Crippen molar-refractivity contribution in [3.8, 4) is 0 Å². The van der Waals surface area contributed by atoms with Crippen molar-refractivity contribution in [1.82, 2.24) is 0 Å². The zero-order chi connectivity index (χ0) is 5.21. The van der Waals surface area contributed by atoms with Crippen molar-refractivity contribution in [2.75, 3.05) is 0 Å². The van der Waals surface area contributed by atoms with Gasteiger partial charge < -0.3 is 41.3 Å². The van der Waals surface area contributed by atoms with E-state index in [4.69, 9.17) is 4.80 Å². The Bertz CT molecular complexity index is 44.7. The molecule has 0 aliphatic carbocycles. The summed E-state index contributed by atoms with van der Waals surface area (Å²) in [7, 11) is -2.17. The van der Waals surface area contributed by atoms with Crippen LogP contribution >= 0.6 is 0 Å². The lowest BCUT2D eigenvalue weighted by atomic mass is 11.9. The van der Waals surface area contributed by atoms with Crippen LogP contribution in [0, 0.1) is 0 Å². The largest absolute Gasteiger partial charge is 0.774 e. The third-order valence-corrected chi connectivity index (χ3v) is 2.60. The Morgan fingerprint density at radius 1 is 1.22 bits per heavy atom. The van der Waals surface area contributed by atoms with Crippen molar-refractivity contribution in [3.63, 3.8) is 0 Å². The second kappa shape index (κ2) is 8.55. The summed E-state index contributed by atoms with van der Waals surface area (Å²) in [5, 5.41) is 0. The van der Waals surface area contributed by atoms with Crippen LogP contribution in [0.25, 0.3) is 0 Å². The first-order valence-electron chi connectivity index (χ1n) is 1.66. The van der Waals surface area contributed by atoms with Crippen molar-refractivity contribution in [2.45, 2.75) is 13.1 Å². The first-order valence-corrected chi connectivity index (χ1v) is 4.99. The molecule has 0 atom stereocenters. The molecule has 0 rings (SSSR count). The van der Waals surface area contributed by atoms with E-state index in [2.05, 4.69) is 3.48 Å². The monoisotopic (exact) mass is 172 g/mol. The second-order valence-electron chi connectivity index (χ2n) is 1.56. The predicted molar refractivity (Wildman–Crippen MR) is 37.4 cm³/mol. The minimum atomic E-state index is -2.17. The van der Waals surface area contributed by atoms with Gasteiger partial charge >= 0.3 is 0 Å². The Labute approximate surface area is 63.6 Å². The SMILES string of the molecule is C[Si](C)(O)[O][Al-].O.O.O. The van der Waals surface area contributed by atoms with Crippen LogP contribution in [0.3, 0.4) is 0 Å². The summed E-state index contributed by atoms with van der Waals surface area (Å²) in [6, 6.07) is 0. The highest BCUT2D eigenvalue weighted by Crippen LogP contribution is 1.91. The molecule has 9 heavy (non-hydrogen) atoms. The smallest absolute Gasteiger partial charge is 0.264 e. The van der Waals surface area contributed by atoms with Gasteiger partial charge in [-0.05, 0) is 13.1 Å². The van der Waals surface area contributed by atoms with Gasteiger partial charge in [-0.3, -0.25) is 0 Å². The number of rotatable bonds is 1. The Hall–Kier alpha value is 0.549. The molecule has 0 fully saturated rings. The van der Waals surface area contributed by atoms with E-state index in [0.29, 0.717) is 0 Å². The molecule has 3 radical (unpaired) electrons. The maximum absolute atomic E-state index is 8.72. The molecule has 0 unspecified atom stereocenters. The van der Waals surface area contributed by atoms with Gasteiger partial charge in [-0.2, -0.15) is 0 Å². The summed E-state index contributed by atoms with van der Waals surface area (Å²) < 4.78 is 4.55. The van der Waals surface area contributed by atoms with E-state index in [1.54, 1.807) is 13.1 Å².